The lowest BCUT2D eigenvalue weighted by atomic mass is 9.99. The lowest BCUT2D eigenvalue weighted by Gasteiger charge is -2.27. The van der Waals surface area contributed by atoms with Crippen molar-refractivity contribution in [3.8, 4) is 11.5 Å². The number of benzene rings is 2. The van der Waals surface area contributed by atoms with Gasteiger partial charge in [-0.2, -0.15) is 0 Å². The number of ketones is 1. The first kappa shape index (κ1) is 17.2. The molecule has 1 aliphatic heterocycles. The van der Waals surface area contributed by atoms with Crippen molar-refractivity contribution in [2.24, 2.45) is 0 Å². The maximum atomic E-state index is 11.6. The molecule has 1 aliphatic rings. The van der Waals surface area contributed by atoms with Gasteiger partial charge in [0.25, 0.3) is 0 Å². The van der Waals surface area contributed by atoms with Crippen molar-refractivity contribution in [2.45, 2.75) is 19.9 Å². The van der Waals surface area contributed by atoms with Gasteiger partial charge in [-0.05, 0) is 54.8 Å². The predicted octanol–water partition coefficient (Wildman–Crippen LogP) is 3.89. The van der Waals surface area contributed by atoms with E-state index in [0.717, 1.165) is 42.9 Å². The number of phenolic OH excluding ortho intramolecular Hbond substituents is 1. The molecule has 0 saturated carbocycles. The van der Waals surface area contributed by atoms with Gasteiger partial charge in [-0.3, -0.25) is 9.69 Å². The van der Waals surface area contributed by atoms with Gasteiger partial charge in [0.15, 0.2) is 5.78 Å². The van der Waals surface area contributed by atoms with Crippen LogP contribution in [-0.4, -0.2) is 36.0 Å². The number of nitrogens with zero attached hydrogens (tertiary/aromatic N) is 1. The number of carbonyl (C=O) groups excluding carboxylic acids is 1. The smallest absolute Gasteiger partial charge is 0.159 e. The zero-order chi connectivity index (χ0) is 17.8. The van der Waals surface area contributed by atoms with E-state index in [1.165, 1.54) is 5.57 Å². The Morgan fingerprint density at radius 3 is 2.56 bits per heavy atom. The summed E-state index contributed by atoms with van der Waals surface area (Å²) in [6, 6.07) is 13.0. The molecule has 0 spiro atoms. The zero-order valence-corrected chi connectivity index (χ0v) is 14.7. The number of hydrogen-bond donors (Lipinski definition) is 1. The Hall–Kier alpha value is -2.59. The van der Waals surface area contributed by atoms with Gasteiger partial charge in [0, 0.05) is 30.8 Å². The third kappa shape index (κ3) is 4.09. The van der Waals surface area contributed by atoms with Gasteiger partial charge in [0.05, 0.1) is 7.11 Å². The number of ether oxygens (including phenoxy) is 1. The van der Waals surface area contributed by atoms with Crippen molar-refractivity contribution < 1.29 is 14.6 Å². The lowest BCUT2D eigenvalue weighted by molar-refractivity contribution is 0.101. The normalized spacial score (nSPS) is 14.9. The lowest BCUT2D eigenvalue weighted by Crippen LogP contribution is -2.28. The van der Waals surface area contributed by atoms with Gasteiger partial charge in [0.1, 0.15) is 11.5 Å². The highest BCUT2D eigenvalue weighted by Crippen LogP contribution is 2.27. The summed E-state index contributed by atoms with van der Waals surface area (Å²) in [6.07, 6.45) is 3.19. The van der Waals surface area contributed by atoms with Crippen LogP contribution in [0.2, 0.25) is 0 Å². The number of rotatable bonds is 5. The van der Waals surface area contributed by atoms with Crippen LogP contribution in [-0.2, 0) is 6.54 Å². The molecule has 0 saturated heterocycles. The minimum atomic E-state index is 0.0667. The van der Waals surface area contributed by atoms with Crippen LogP contribution in [0.25, 0.3) is 5.57 Å². The van der Waals surface area contributed by atoms with E-state index < -0.39 is 0 Å². The van der Waals surface area contributed by atoms with E-state index in [0.29, 0.717) is 11.3 Å². The predicted molar refractivity (Wildman–Crippen MR) is 99.0 cm³/mol. The quantitative estimate of drug-likeness (QED) is 0.841. The third-order valence-electron chi connectivity index (χ3n) is 4.61. The van der Waals surface area contributed by atoms with Crippen LogP contribution in [0.1, 0.15) is 34.8 Å². The van der Waals surface area contributed by atoms with Crippen LogP contribution < -0.4 is 4.74 Å². The molecular weight excluding hydrogens is 314 g/mol. The van der Waals surface area contributed by atoms with Gasteiger partial charge < -0.3 is 9.84 Å². The summed E-state index contributed by atoms with van der Waals surface area (Å²) in [5.74, 6) is 1.18. The summed E-state index contributed by atoms with van der Waals surface area (Å²) in [4.78, 5) is 14.0. The molecule has 4 nitrogen and oxygen atoms in total. The number of carbonyl (C=O) groups is 1. The van der Waals surface area contributed by atoms with Crippen molar-refractivity contribution in [2.75, 3.05) is 20.2 Å². The molecule has 130 valence electrons. The molecule has 0 aromatic heterocycles. The topological polar surface area (TPSA) is 49.8 Å². The summed E-state index contributed by atoms with van der Waals surface area (Å²) in [5.41, 5.74) is 4.22. The molecule has 2 aromatic carbocycles. The van der Waals surface area contributed by atoms with Crippen LogP contribution in [0.4, 0.5) is 0 Å². The second kappa shape index (κ2) is 7.53. The minimum absolute atomic E-state index is 0.0667. The van der Waals surface area contributed by atoms with E-state index in [2.05, 4.69) is 11.0 Å². The second-order valence-electron chi connectivity index (χ2n) is 6.34. The first-order chi connectivity index (χ1) is 12.1. The van der Waals surface area contributed by atoms with Crippen molar-refractivity contribution >= 4 is 11.4 Å². The van der Waals surface area contributed by atoms with Crippen LogP contribution in [0, 0.1) is 0 Å². The number of Topliss-reactive ketones (excluding diaryl/α,β-unsaturated/α-hetero) is 1. The standard InChI is InChI=1S/C21H23NO3/c1-15(23)18-5-8-21(25-2)19(13-18)14-22-11-9-17(10-12-22)16-3-6-20(24)7-4-16/h3-9,13,24H,10-12,14H2,1-2H3. The summed E-state index contributed by atoms with van der Waals surface area (Å²) in [5, 5.41) is 9.41. The molecule has 1 heterocycles. The fourth-order valence-corrected chi connectivity index (χ4v) is 3.15. The highest BCUT2D eigenvalue weighted by atomic mass is 16.5. The minimum Gasteiger partial charge on any atom is -0.508 e. The summed E-state index contributed by atoms with van der Waals surface area (Å²) >= 11 is 0. The monoisotopic (exact) mass is 337 g/mol. The summed E-state index contributed by atoms with van der Waals surface area (Å²) in [7, 11) is 1.66. The van der Waals surface area contributed by atoms with Crippen LogP contribution >= 0.6 is 0 Å². The Bertz CT molecular complexity index is 793. The Kier molecular flexibility index (Phi) is 5.19. The number of aromatic hydroxyl groups is 1. The van der Waals surface area contributed by atoms with Gasteiger partial charge in [0.2, 0.25) is 0 Å². The second-order valence-corrected chi connectivity index (χ2v) is 6.34. The van der Waals surface area contributed by atoms with Crippen LogP contribution in [0.15, 0.2) is 48.5 Å². The van der Waals surface area contributed by atoms with E-state index in [1.54, 1.807) is 26.2 Å². The van der Waals surface area contributed by atoms with Crippen molar-refractivity contribution in [1.82, 2.24) is 4.90 Å². The average Bonchev–Trinajstić information content (AvgIpc) is 2.63. The Morgan fingerprint density at radius 1 is 1.20 bits per heavy atom. The number of phenols is 1. The molecule has 4 heteroatoms. The highest BCUT2D eigenvalue weighted by molar-refractivity contribution is 5.94. The molecule has 0 amide bonds. The van der Waals surface area contributed by atoms with Crippen LogP contribution in [0.3, 0.4) is 0 Å². The average molecular weight is 337 g/mol. The van der Waals surface area contributed by atoms with E-state index >= 15 is 0 Å². The molecule has 0 fully saturated rings. The molecule has 0 bridgehead atoms. The molecule has 2 aromatic rings. The molecule has 0 aliphatic carbocycles. The van der Waals surface area contributed by atoms with E-state index in [9.17, 15) is 9.90 Å². The van der Waals surface area contributed by atoms with E-state index in [1.807, 2.05) is 30.3 Å². The summed E-state index contributed by atoms with van der Waals surface area (Å²) < 4.78 is 5.45. The fourth-order valence-electron chi connectivity index (χ4n) is 3.15. The maximum absolute atomic E-state index is 11.6. The highest BCUT2D eigenvalue weighted by Gasteiger charge is 2.16. The van der Waals surface area contributed by atoms with Crippen molar-refractivity contribution in [1.29, 1.82) is 0 Å². The zero-order valence-electron chi connectivity index (χ0n) is 14.7. The van der Waals surface area contributed by atoms with Gasteiger partial charge in [-0.25, -0.2) is 0 Å². The van der Waals surface area contributed by atoms with Gasteiger partial charge in [-0.1, -0.05) is 18.2 Å². The molecule has 0 radical (unpaired) electrons. The molecule has 0 atom stereocenters. The third-order valence-corrected chi connectivity index (χ3v) is 4.61. The molecule has 25 heavy (non-hydrogen) atoms. The molecule has 0 unspecified atom stereocenters. The van der Waals surface area contributed by atoms with Crippen LogP contribution in [0.5, 0.6) is 11.5 Å². The van der Waals surface area contributed by atoms with Gasteiger partial charge >= 0.3 is 0 Å². The van der Waals surface area contributed by atoms with Crippen molar-refractivity contribution in [3.05, 3.63) is 65.2 Å². The first-order valence-corrected chi connectivity index (χ1v) is 8.45. The number of methoxy groups -OCH3 is 1. The Morgan fingerprint density at radius 2 is 1.96 bits per heavy atom. The summed E-state index contributed by atoms with van der Waals surface area (Å²) in [6.45, 7) is 4.13. The number of hydrogen-bond acceptors (Lipinski definition) is 4. The fraction of sp³-hybridized carbons (Fsp3) is 0.286. The van der Waals surface area contributed by atoms with Gasteiger partial charge in [-0.15, -0.1) is 0 Å². The van der Waals surface area contributed by atoms with Crippen molar-refractivity contribution in [3.63, 3.8) is 0 Å². The largest absolute Gasteiger partial charge is 0.508 e. The molecule has 1 N–H and O–H groups in total. The van der Waals surface area contributed by atoms with E-state index in [-0.39, 0.29) is 5.78 Å². The van der Waals surface area contributed by atoms with E-state index in [4.69, 9.17) is 4.74 Å². The first-order valence-electron chi connectivity index (χ1n) is 8.45. The Balaban J connectivity index is 1.72. The molecular formula is C21H23NO3. The maximum Gasteiger partial charge on any atom is 0.159 e. The molecule has 3 rings (SSSR count). The Labute approximate surface area is 148 Å². The SMILES string of the molecule is COc1ccc(C(C)=O)cc1CN1CC=C(c2ccc(O)cc2)CC1.